The predicted octanol–water partition coefficient (Wildman–Crippen LogP) is 3.18. The number of imidazole rings is 1. The molecule has 0 spiro atoms. The molecule has 0 saturated carbocycles. The van der Waals surface area contributed by atoms with Crippen LogP contribution in [0.5, 0.6) is 0 Å². The molecule has 0 aliphatic heterocycles. The van der Waals surface area contributed by atoms with E-state index >= 15 is 0 Å². The summed E-state index contributed by atoms with van der Waals surface area (Å²) in [5.74, 6) is 3.03. The molecule has 1 aromatic carbocycles. The Kier molecular flexibility index (Phi) is 3.41. The molecule has 2 aromatic rings. The van der Waals surface area contributed by atoms with Gasteiger partial charge in [-0.05, 0) is 18.2 Å². The number of hydrogen-bond donors (Lipinski definition) is 1. The van der Waals surface area contributed by atoms with E-state index in [1.807, 2.05) is 12.1 Å². The van der Waals surface area contributed by atoms with Gasteiger partial charge in [-0.2, -0.15) is 0 Å². The van der Waals surface area contributed by atoms with Crippen LogP contribution in [-0.2, 0) is 6.54 Å². The minimum Gasteiger partial charge on any atom is -0.383 e. The second-order valence-corrected chi connectivity index (χ2v) is 4.76. The summed E-state index contributed by atoms with van der Waals surface area (Å²) in [6.45, 7) is 0.393. The number of nitrogens with zero attached hydrogens (tertiary/aromatic N) is 2. The van der Waals surface area contributed by atoms with Gasteiger partial charge >= 0.3 is 0 Å². The first-order chi connectivity index (χ1) is 8.13. The third-order valence-electron chi connectivity index (χ3n) is 2.32. The van der Waals surface area contributed by atoms with Gasteiger partial charge in [0.2, 0.25) is 0 Å². The Morgan fingerprint density at radius 1 is 1.53 bits per heavy atom. The molecule has 5 heteroatoms. The van der Waals surface area contributed by atoms with Crippen molar-refractivity contribution in [2.75, 3.05) is 5.73 Å². The van der Waals surface area contributed by atoms with Crippen molar-refractivity contribution in [2.45, 2.75) is 6.54 Å². The molecule has 86 valence electrons. The van der Waals surface area contributed by atoms with Gasteiger partial charge in [0.15, 0.2) is 0 Å². The van der Waals surface area contributed by atoms with Crippen molar-refractivity contribution in [2.24, 2.45) is 0 Å². The van der Waals surface area contributed by atoms with Crippen molar-refractivity contribution in [3.8, 4) is 23.6 Å². The molecule has 0 bridgehead atoms. The minimum absolute atomic E-state index is 0.393. The van der Waals surface area contributed by atoms with Crippen LogP contribution in [0.15, 0.2) is 29.0 Å². The Labute approximate surface area is 113 Å². The first-order valence-corrected chi connectivity index (χ1v) is 6.00. The Hall–Kier alpha value is -1.44. The zero-order valence-corrected chi connectivity index (χ0v) is 11.2. The largest absolute Gasteiger partial charge is 0.383 e. The number of rotatable bonds is 2. The highest BCUT2D eigenvalue weighted by Gasteiger charge is 2.12. The van der Waals surface area contributed by atoms with Gasteiger partial charge in [-0.15, -0.1) is 6.42 Å². The number of nitrogen functional groups attached to an aromatic ring is 1. The van der Waals surface area contributed by atoms with E-state index in [4.69, 9.17) is 23.8 Å². The van der Waals surface area contributed by atoms with E-state index in [2.05, 4.69) is 26.8 Å². The van der Waals surface area contributed by atoms with Gasteiger partial charge in [-0.3, -0.25) is 0 Å². The second kappa shape index (κ2) is 4.82. The predicted molar refractivity (Wildman–Crippen MR) is 73.6 cm³/mol. The van der Waals surface area contributed by atoms with E-state index in [1.54, 1.807) is 17.0 Å². The summed E-state index contributed by atoms with van der Waals surface area (Å²) in [6, 6.07) is 5.53. The highest BCUT2D eigenvalue weighted by molar-refractivity contribution is 9.10. The van der Waals surface area contributed by atoms with Crippen molar-refractivity contribution in [3.63, 3.8) is 0 Å². The van der Waals surface area contributed by atoms with Crippen LogP contribution in [0.25, 0.3) is 11.3 Å². The summed E-state index contributed by atoms with van der Waals surface area (Å²) in [5.41, 5.74) is 7.40. The average Bonchev–Trinajstić information content (AvgIpc) is 2.65. The van der Waals surface area contributed by atoms with Crippen molar-refractivity contribution >= 4 is 33.3 Å². The standard InChI is InChI=1S/C12H9BrClN3/c1-2-5-17-7-16-11(12(17)15)9-6-8(13)3-4-10(9)14/h1,3-4,6-7H,5,15H2. The number of terminal acetylenes is 1. The molecule has 0 aliphatic carbocycles. The highest BCUT2D eigenvalue weighted by atomic mass is 79.9. The van der Waals surface area contributed by atoms with Crippen molar-refractivity contribution in [1.82, 2.24) is 9.55 Å². The molecule has 1 aromatic heterocycles. The van der Waals surface area contributed by atoms with Crippen LogP contribution in [0.2, 0.25) is 5.02 Å². The third-order valence-corrected chi connectivity index (χ3v) is 3.15. The van der Waals surface area contributed by atoms with Gasteiger partial charge in [0.1, 0.15) is 11.5 Å². The van der Waals surface area contributed by atoms with Gasteiger partial charge in [0.25, 0.3) is 0 Å². The van der Waals surface area contributed by atoms with Gasteiger partial charge in [-0.25, -0.2) is 4.98 Å². The second-order valence-electron chi connectivity index (χ2n) is 3.43. The van der Waals surface area contributed by atoms with E-state index in [9.17, 15) is 0 Å². The Balaban J connectivity index is 2.54. The molecule has 0 aliphatic rings. The zero-order chi connectivity index (χ0) is 12.4. The number of benzene rings is 1. The summed E-state index contributed by atoms with van der Waals surface area (Å²) < 4.78 is 2.62. The summed E-state index contributed by atoms with van der Waals surface area (Å²) in [7, 11) is 0. The van der Waals surface area contributed by atoms with Crippen LogP contribution in [0.4, 0.5) is 5.82 Å². The summed E-state index contributed by atoms with van der Waals surface area (Å²) in [4.78, 5) is 4.24. The van der Waals surface area contributed by atoms with Gasteiger partial charge in [0.05, 0.1) is 17.9 Å². The van der Waals surface area contributed by atoms with Gasteiger partial charge < -0.3 is 10.3 Å². The van der Waals surface area contributed by atoms with Crippen molar-refractivity contribution in [1.29, 1.82) is 0 Å². The fraction of sp³-hybridized carbons (Fsp3) is 0.0833. The van der Waals surface area contributed by atoms with Crippen LogP contribution >= 0.6 is 27.5 Å². The minimum atomic E-state index is 0.393. The normalized spacial score (nSPS) is 10.2. The molecule has 2 N–H and O–H groups in total. The van der Waals surface area contributed by atoms with Crippen LogP contribution < -0.4 is 5.73 Å². The summed E-state index contributed by atoms with van der Waals surface area (Å²) in [6.07, 6.45) is 6.86. The molecule has 0 unspecified atom stereocenters. The Morgan fingerprint density at radius 3 is 3.00 bits per heavy atom. The highest BCUT2D eigenvalue weighted by Crippen LogP contribution is 2.32. The molecule has 0 fully saturated rings. The average molecular weight is 311 g/mol. The number of nitrogens with two attached hydrogens (primary N) is 1. The molecule has 0 amide bonds. The fourth-order valence-corrected chi connectivity index (χ4v) is 2.07. The zero-order valence-electron chi connectivity index (χ0n) is 8.82. The molecular weight excluding hydrogens is 302 g/mol. The number of halogens is 2. The Bertz CT molecular complexity index is 598. The lowest BCUT2D eigenvalue weighted by Gasteiger charge is -2.04. The Morgan fingerprint density at radius 2 is 2.29 bits per heavy atom. The monoisotopic (exact) mass is 309 g/mol. The van der Waals surface area contributed by atoms with E-state index in [0.29, 0.717) is 23.1 Å². The van der Waals surface area contributed by atoms with E-state index < -0.39 is 0 Å². The summed E-state index contributed by atoms with van der Waals surface area (Å²) >= 11 is 9.51. The van der Waals surface area contributed by atoms with E-state index in [-0.39, 0.29) is 0 Å². The smallest absolute Gasteiger partial charge is 0.132 e. The first-order valence-electron chi connectivity index (χ1n) is 4.83. The topological polar surface area (TPSA) is 43.8 Å². The molecule has 2 rings (SSSR count). The maximum Gasteiger partial charge on any atom is 0.132 e. The van der Waals surface area contributed by atoms with Crippen molar-refractivity contribution in [3.05, 3.63) is 34.0 Å². The number of anilines is 1. The lowest BCUT2D eigenvalue weighted by atomic mass is 10.1. The van der Waals surface area contributed by atoms with E-state index in [1.165, 1.54) is 0 Å². The van der Waals surface area contributed by atoms with Gasteiger partial charge in [-0.1, -0.05) is 33.5 Å². The molecule has 1 heterocycles. The maximum atomic E-state index is 6.12. The van der Waals surface area contributed by atoms with Crippen LogP contribution in [0.1, 0.15) is 0 Å². The molecule has 0 atom stereocenters. The maximum absolute atomic E-state index is 6.12. The molecular formula is C12H9BrClN3. The lowest BCUT2D eigenvalue weighted by Crippen LogP contribution is -2.00. The number of hydrogen-bond acceptors (Lipinski definition) is 2. The third kappa shape index (κ3) is 2.31. The fourth-order valence-electron chi connectivity index (χ4n) is 1.50. The van der Waals surface area contributed by atoms with Gasteiger partial charge in [0, 0.05) is 10.0 Å². The SMILES string of the molecule is C#CCn1cnc(-c2cc(Br)ccc2Cl)c1N. The molecule has 3 nitrogen and oxygen atoms in total. The molecule has 17 heavy (non-hydrogen) atoms. The first kappa shape index (κ1) is 12.0. The molecule has 0 radical (unpaired) electrons. The number of aromatic nitrogens is 2. The quantitative estimate of drug-likeness (QED) is 0.866. The van der Waals surface area contributed by atoms with Crippen molar-refractivity contribution < 1.29 is 0 Å². The van der Waals surface area contributed by atoms with Crippen LogP contribution in [0.3, 0.4) is 0 Å². The van der Waals surface area contributed by atoms with Crippen LogP contribution in [0, 0.1) is 12.3 Å². The van der Waals surface area contributed by atoms with Crippen LogP contribution in [-0.4, -0.2) is 9.55 Å². The molecule has 0 saturated heterocycles. The van der Waals surface area contributed by atoms with E-state index in [0.717, 1.165) is 10.0 Å². The lowest BCUT2D eigenvalue weighted by molar-refractivity contribution is 0.852. The summed E-state index contributed by atoms with van der Waals surface area (Å²) in [5, 5.41) is 0.603.